The third-order valence-electron chi connectivity index (χ3n) is 3.19. The van der Waals surface area contributed by atoms with Gasteiger partial charge in [-0.05, 0) is 31.0 Å². The molecule has 0 aromatic heterocycles. The van der Waals surface area contributed by atoms with E-state index in [2.05, 4.69) is 0 Å². The Labute approximate surface area is 112 Å². The summed E-state index contributed by atoms with van der Waals surface area (Å²) >= 11 is 0. The number of carbonyl (C=O) groups is 2. The van der Waals surface area contributed by atoms with Gasteiger partial charge in [0, 0.05) is 5.69 Å². The van der Waals surface area contributed by atoms with Crippen LogP contribution in [0.2, 0.25) is 0 Å². The van der Waals surface area contributed by atoms with Crippen LogP contribution >= 0.6 is 0 Å². The van der Waals surface area contributed by atoms with Gasteiger partial charge in [0.2, 0.25) is 11.8 Å². The van der Waals surface area contributed by atoms with E-state index >= 15 is 0 Å². The van der Waals surface area contributed by atoms with E-state index in [1.807, 2.05) is 38.1 Å². The van der Waals surface area contributed by atoms with E-state index in [1.54, 1.807) is 4.90 Å². The van der Waals surface area contributed by atoms with Gasteiger partial charge in [-0.25, -0.2) is 0 Å². The van der Waals surface area contributed by atoms with Crippen molar-refractivity contribution >= 4 is 17.5 Å². The van der Waals surface area contributed by atoms with Crippen molar-refractivity contribution in [2.75, 3.05) is 24.5 Å². The predicted octanol–water partition coefficient (Wildman–Crippen LogP) is 1.00. The zero-order chi connectivity index (χ0) is 14.0. The Morgan fingerprint density at radius 3 is 2.42 bits per heavy atom. The van der Waals surface area contributed by atoms with E-state index in [-0.39, 0.29) is 31.4 Å². The first-order chi connectivity index (χ1) is 9.02. The average molecular weight is 257 g/mol. The molecule has 0 N–H and O–H groups in total. The molecule has 0 spiro atoms. The van der Waals surface area contributed by atoms with Crippen LogP contribution in [0.4, 0.5) is 5.69 Å². The normalized spacial score (nSPS) is 15.6. The molecule has 0 atom stereocenters. The number of hydrogen-bond donors (Lipinski definition) is 0. The lowest BCUT2D eigenvalue weighted by Gasteiger charge is -2.33. The van der Waals surface area contributed by atoms with Gasteiger partial charge < -0.3 is 4.90 Å². The molecule has 1 aromatic carbocycles. The van der Waals surface area contributed by atoms with Gasteiger partial charge in [0.25, 0.3) is 0 Å². The predicted molar refractivity (Wildman–Crippen MR) is 70.5 cm³/mol. The molecule has 1 aliphatic heterocycles. The highest BCUT2D eigenvalue weighted by molar-refractivity contribution is 6.03. The highest BCUT2D eigenvalue weighted by atomic mass is 16.2. The van der Waals surface area contributed by atoms with Crippen molar-refractivity contribution in [1.82, 2.24) is 4.90 Å². The van der Waals surface area contributed by atoms with Crippen molar-refractivity contribution in [2.45, 2.75) is 13.8 Å². The fourth-order valence-corrected chi connectivity index (χ4v) is 2.17. The van der Waals surface area contributed by atoms with Gasteiger partial charge in [0.05, 0.1) is 19.2 Å². The Bertz CT molecular complexity index is 557. The smallest absolute Gasteiger partial charge is 0.249 e. The number of imide groups is 1. The SMILES string of the molecule is Cc1ccc(C)c(N2CC(=O)N(CC#N)C(=O)C2)c1. The van der Waals surface area contributed by atoms with Crippen LogP contribution in [0.5, 0.6) is 0 Å². The Balaban J connectivity index is 2.25. The summed E-state index contributed by atoms with van der Waals surface area (Å²) in [5.41, 5.74) is 3.01. The first kappa shape index (κ1) is 13.1. The summed E-state index contributed by atoms with van der Waals surface area (Å²) in [4.78, 5) is 26.6. The largest absolute Gasteiger partial charge is 0.353 e. The summed E-state index contributed by atoms with van der Waals surface area (Å²) in [6.45, 7) is 4.03. The van der Waals surface area contributed by atoms with Gasteiger partial charge >= 0.3 is 0 Å². The summed E-state index contributed by atoms with van der Waals surface area (Å²) in [6, 6.07) is 7.78. The first-order valence-corrected chi connectivity index (χ1v) is 6.05. The highest BCUT2D eigenvalue weighted by Gasteiger charge is 2.31. The maximum Gasteiger partial charge on any atom is 0.249 e. The lowest BCUT2D eigenvalue weighted by atomic mass is 10.1. The van der Waals surface area contributed by atoms with Crippen LogP contribution < -0.4 is 4.90 Å². The Morgan fingerprint density at radius 1 is 1.21 bits per heavy atom. The summed E-state index contributed by atoms with van der Waals surface area (Å²) in [5, 5.41) is 8.61. The maximum absolute atomic E-state index is 11.9. The third-order valence-corrected chi connectivity index (χ3v) is 3.19. The number of rotatable bonds is 2. The second kappa shape index (κ2) is 5.11. The second-order valence-corrected chi connectivity index (χ2v) is 4.68. The van der Waals surface area contributed by atoms with Crippen LogP contribution in [-0.4, -0.2) is 36.3 Å². The van der Waals surface area contributed by atoms with Gasteiger partial charge in [-0.2, -0.15) is 5.26 Å². The number of piperazine rings is 1. The molecule has 0 unspecified atom stereocenters. The minimum Gasteiger partial charge on any atom is -0.353 e. The number of hydrogen-bond acceptors (Lipinski definition) is 4. The molecule has 98 valence electrons. The van der Waals surface area contributed by atoms with Gasteiger partial charge in [-0.15, -0.1) is 0 Å². The van der Waals surface area contributed by atoms with Crippen molar-refractivity contribution < 1.29 is 9.59 Å². The van der Waals surface area contributed by atoms with Crippen LogP contribution in [0.3, 0.4) is 0 Å². The number of aryl methyl sites for hydroxylation is 2. The third kappa shape index (κ3) is 2.58. The molecule has 2 rings (SSSR count). The summed E-state index contributed by atoms with van der Waals surface area (Å²) in [5.74, 6) is -0.641. The van der Waals surface area contributed by atoms with Crippen molar-refractivity contribution in [3.63, 3.8) is 0 Å². The van der Waals surface area contributed by atoms with E-state index < -0.39 is 0 Å². The van der Waals surface area contributed by atoms with Crippen molar-refractivity contribution in [3.8, 4) is 6.07 Å². The van der Waals surface area contributed by atoms with E-state index in [4.69, 9.17) is 5.26 Å². The minimum atomic E-state index is -0.321. The van der Waals surface area contributed by atoms with Crippen LogP contribution in [0, 0.1) is 25.2 Å². The molecule has 1 aromatic rings. The topological polar surface area (TPSA) is 64.4 Å². The molecule has 19 heavy (non-hydrogen) atoms. The van der Waals surface area contributed by atoms with E-state index in [1.165, 1.54) is 0 Å². The number of nitriles is 1. The Morgan fingerprint density at radius 2 is 1.84 bits per heavy atom. The van der Waals surface area contributed by atoms with Crippen LogP contribution in [0.15, 0.2) is 18.2 Å². The maximum atomic E-state index is 11.9. The average Bonchev–Trinajstić information content (AvgIpc) is 2.36. The molecular weight excluding hydrogens is 242 g/mol. The second-order valence-electron chi connectivity index (χ2n) is 4.68. The van der Waals surface area contributed by atoms with E-state index in [0.29, 0.717) is 0 Å². The zero-order valence-corrected chi connectivity index (χ0v) is 11.0. The molecule has 1 heterocycles. The number of amides is 2. The molecule has 0 radical (unpaired) electrons. The Hall–Kier alpha value is -2.35. The van der Waals surface area contributed by atoms with Gasteiger partial charge in [-0.3, -0.25) is 14.5 Å². The fourth-order valence-electron chi connectivity index (χ4n) is 2.17. The molecule has 1 fully saturated rings. The van der Waals surface area contributed by atoms with Gasteiger partial charge in [0.1, 0.15) is 6.54 Å². The van der Waals surface area contributed by atoms with Crippen LogP contribution in [-0.2, 0) is 9.59 Å². The Kier molecular flexibility index (Phi) is 3.52. The molecular formula is C14H15N3O2. The molecule has 1 aliphatic rings. The summed E-state index contributed by atoms with van der Waals surface area (Å²) in [6.07, 6.45) is 0. The molecule has 0 aliphatic carbocycles. The molecule has 1 saturated heterocycles. The number of nitrogens with zero attached hydrogens (tertiary/aromatic N) is 3. The fraction of sp³-hybridized carbons (Fsp3) is 0.357. The molecule has 5 nitrogen and oxygen atoms in total. The van der Waals surface area contributed by atoms with E-state index in [9.17, 15) is 9.59 Å². The van der Waals surface area contributed by atoms with E-state index in [0.717, 1.165) is 21.7 Å². The molecule has 5 heteroatoms. The minimum absolute atomic E-state index is 0.137. The molecule has 0 saturated carbocycles. The van der Waals surface area contributed by atoms with Crippen LogP contribution in [0.1, 0.15) is 11.1 Å². The van der Waals surface area contributed by atoms with Gasteiger partial charge in [-0.1, -0.05) is 12.1 Å². The lowest BCUT2D eigenvalue weighted by Crippen LogP contribution is -2.54. The van der Waals surface area contributed by atoms with Crippen molar-refractivity contribution in [3.05, 3.63) is 29.3 Å². The molecule has 2 amide bonds. The zero-order valence-electron chi connectivity index (χ0n) is 11.0. The number of carbonyl (C=O) groups excluding carboxylic acids is 2. The summed E-state index contributed by atoms with van der Waals surface area (Å²) < 4.78 is 0. The number of anilines is 1. The highest BCUT2D eigenvalue weighted by Crippen LogP contribution is 2.23. The van der Waals surface area contributed by atoms with Crippen LogP contribution in [0.25, 0.3) is 0 Å². The lowest BCUT2D eigenvalue weighted by molar-refractivity contribution is -0.144. The first-order valence-electron chi connectivity index (χ1n) is 6.05. The summed E-state index contributed by atoms with van der Waals surface area (Å²) in [7, 11) is 0. The standard InChI is InChI=1S/C14H15N3O2/c1-10-3-4-11(2)12(7-10)16-8-13(18)17(6-5-15)14(19)9-16/h3-4,7H,6,8-9H2,1-2H3. The number of benzene rings is 1. The quantitative estimate of drug-likeness (QED) is 0.585. The van der Waals surface area contributed by atoms with Gasteiger partial charge in [0.15, 0.2) is 0 Å². The van der Waals surface area contributed by atoms with Crippen molar-refractivity contribution in [2.24, 2.45) is 0 Å². The van der Waals surface area contributed by atoms with Crippen molar-refractivity contribution in [1.29, 1.82) is 5.26 Å². The molecule has 0 bridgehead atoms. The monoisotopic (exact) mass is 257 g/mol.